The Hall–Kier alpha value is -1.64. The summed E-state index contributed by atoms with van der Waals surface area (Å²) in [5.41, 5.74) is 5.11. The van der Waals surface area contributed by atoms with Crippen molar-refractivity contribution in [2.75, 3.05) is 6.54 Å². The maximum absolute atomic E-state index is 10.3. The van der Waals surface area contributed by atoms with Gasteiger partial charge in [-0.1, -0.05) is 54.1 Å². The van der Waals surface area contributed by atoms with Crippen molar-refractivity contribution in [3.63, 3.8) is 0 Å². The first-order chi connectivity index (χ1) is 9.72. The van der Waals surface area contributed by atoms with Gasteiger partial charge in [0.05, 0.1) is 6.10 Å². The van der Waals surface area contributed by atoms with Crippen LogP contribution in [0.5, 0.6) is 0 Å². The van der Waals surface area contributed by atoms with Crippen LogP contribution in [0.2, 0.25) is 0 Å². The average molecular weight is 267 g/mol. The normalized spacial score (nSPS) is 16.1. The van der Waals surface area contributed by atoms with Crippen LogP contribution in [0, 0.1) is 6.92 Å². The molecule has 1 N–H and O–H groups in total. The molecule has 1 atom stereocenters. The van der Waals surface area contributed by atoms with Crippen LogP contribution in [0.25, 0.3) is 0 Å². The molecule has 2 aromatic carbocycles. The van der Waals surface area contributed by atoms with Crippen molar-refractivity contribution < 1.29 is 5.11 Å². The summed E-state index contributed by atoms with van der Waals surface area (Å²) in [5.74, 6) is 0. The summed E-state index contributed by atoms with van der Waals surface area (Å²) >= 11 is 0. The smallest absolute Gasteiger partial charge is 0.0802 e. The molecule has 1 heterocycles. The number of aliphatic hydroxyl groups is 1. The first kappa shape index (κ1) is 13.3. The van der Waals surface area contributed by atoms with Crippen LogP contribution in [-0.4, -0.2) is 16.6 Å². The van der Waals surface area contributed by atoms with Gasteiger partial charge in [-0.15, -0.1) is 0 Å². The molecule has 1 unspecified atom stereocenters. The number of hydrogen-bond acceptors (Lipinski definition) is 2. The third kappa shape index (κ3) is 2.92. The maximum atomic E-state index is 10.3. The first-order valence-corrected chi connectivity index (χ1v) is 7.26. The number of benzene rings is 2. The summed E-state index contributed by atoms with van der Waals surface area (Å²) < 4.78 is 0. The van der Waals surface area contributed by atoms with Gasteiger partial charge in [0.2, 0.25) is 0 Å². The summed E-state index contributed by atoms with van der Waals surface area (Å²) in [5, 5.41) is 10.3. The van der Waals surface area contributed by atoms with E-state index in [1.807, 2.05) is 12.1 Å². The van der Waals surface area contributed by atoms with E-state index >= 15 is 0 Å². The average Bonchev–Trinajstić information content (AvgIpc) is 2.88. The highest BCUT2D eigenvalue weighted by Gasteiger charge is 2.19. The lowest BCUT2D eigenvalue weighted by Gasteiger charge is -2.18. The van der Waals surface area contributed by atoms with Crippen molar-refractivity contribution in [2.24, 2.45) is 0 Å². The summed E-state index contributed by atoms with van der Waals surface area (Å²) in [7, 11) is 0. The Kier molecular flexibility index (Phi) is 3.86. The van der Waals surface area contributed by atoms with Crippen LogP contribution < -0.4 is 0 Å². The van der Waals surface area contributed by atoms with E-state index in [2.05, 4.69) is 48.2 Å². The van der Waals surface area contributed by atoms with E-state index < -0.39 is 0 Å². The van der Waals surface area contributed by atoms with Gasteiger partial charge in [0, 0.05) is 19.6 Å². The van der Waals surface area contributed by atoms with Crippen molar-refractivity contribution in [3.8, 4) is 0 Å². The molecule has 0 aromatic heterocycles. The number of aryl methyl sites for hydroxylation is 1. The summed E-state index contributed by atoms with van der Waals surface area (Å²) in [6, 6.07) is 16.8. The quantitative estimate of drug-likeness (QED) is 0.917. The topological polar surface area (TPSA) is 23.5 Å². The van der Waals surface area contributed by atoms with E-state index in [9.17, 15) is 5.11 Å². The van der Waals surface area contributed by atoms with Gasteiger partial charge in [-0.2, -0.15) is 0 Å². The van der Waals surface area contributed by atoms with Gasteiger partial charge in [0.1, 0.15) is 0 Å². The summed E-state index contributed by atoms with van der Waals surface area (Å²) in [6.45, 7) is 5.02. The molecule has 2 aromatic rings. The van der Waals surface area contributed by atoms with Gasteiger partial charge in [-0.05, 0) is 30.0 Å². The Bertz CT molecular complexity index is 551. The highest BCUT2D eigenvalue weighted by atomic mass is 16.3. The monoisotopic (exact) mass is 267 g/mol. The van der Waals surface area contributed by atoms with Crippen molar-refractivity contribution in [2.45, 2.75) is 32.5 Å². The van der Waals surface area contributed by atoms with Gasteiger partial charge in [-0.25, -0.2) is 0 Å². The van der Waals surface area contributed by atoms with Gasteiger partial charge in [0.25, 0.3) is 0 Å². The van der Waals surface area contributed by atoms with Crippen LogP contribution in [0.1, 0.15) is 34.8 Å². The maximum Gasteiger partial charge on any atom is 0.0802 e. The molecule has 0 aliphatic carbocycles. The number of fused-ring (bicyclic) bond motifs is 1. The molecule has 104 valence electrons. The van der Waals surface area contributed by atoms with Gasteiger partial charge in [-0.3, -0.25) is 4.90 Å². The molecular formula is C18H21NO. The summed E-state index contributed by atoms with van der Waals surface area (Å²) in [4.78, 5) is 2.40. The number of hydrogen-bond donors (Lipinski definition) is 1. The van der Waals surface area contributed by atoms with E-state index in [0.717, 1.165) is 31.6 Å². The fourth-order valence-corrected chi connectivity index (χ4v) is 2.82. The second kappa shape index (κ2) is 5.78. The van der Waals surface area contributed by atoms with E-state index in [-0.39, 0.29) is 6.10 Å². The predicted octanol–water partition coefficient (Wildman–Crippen LogP) is 3.43. The van der Waals surface area contributed by atoms with Crippen molar-refractivity contribution in [3.05, 3.63) is 70.8 Å². The minimum Gasteiger partial charge on any atom is -0.388 e. The van der Waals surface area contributed by atoms with Crippen LogP contribution >= 0.6 is 0 Å². The number of rotatable bonds is 4. The zero-order valence-corrected chi connectivity index (χ0v) is 11.9. The van der Waals surface area contributed by atoms with Crippen LogP contribution in [0.4, 0.5) is 0 Å². The molecule has 3 rings (SSSR count). The van der Waals surface area contributed by atoms with Crippen LogP contribution in [0.3, 0.4) is 0 Å². The van der Waals surface area contributed by atoms with Crippen LogP contribution in [-0.2, 0) is 13.1 Å². The Morgan fingerprint density at radius 1 is 1.00 bits per heavy atom. The molecule has 2 heteroatoms. The van der Waals surface area contributed by atoms with E-state index in [0.29, 0.717) is 0 Å². The molecule has 0 fully saturated rings. The molecule has 1 aliphatic heterocycles. The van der Waals surface area contributed by atoms with Gasteiger partial charge >= 0.3 is 0 Å². The fraction of sp³-hybridized carbons (Fsp3) is 0.333. The number of aliphatic hydroxyl groups excluding tert-OH is 1. The van der Waals surface area contributed by atoms with Gasteiger partial charge < -0.3 is 5.11 Å². The second-order valence-corrected chi connectivity index (χ2v) is 5.69. The lowest BCUT2D eigenvalue weighted by Crippen LogP contribution is -2.19. The molecule has 20 heavy (non-hydrogen) atoms. The molecule has 1 aliphatic rings. The third-order valence-corrected chi connectivity index (χ3v) is 4.09. The van der Waals surface area contributed by atoms with Crippen molar-refractivity contribution in [1.82, 2.24) is 4.90 Å². The predicted molar refractivity (Wildman–Crippen MR) is 81.3 cm³/mol. The number of nitrogens with zero attached hydrogens (tertiary/aromatic N) is 1. The lowest BCUT2D eigenvalue weighted by atomic mass is 10.0. The highest BCUT2D eigenvalue weighted by molar-refractivity contribution is 5.30. The molecule has 2 nitrogen and oxygen atoms in total. The molecular weight excluding hydrogens is 246 g/mol. The zero-order valence-electron chi connectivity index (χ0n) is 11.9. The summed E-state index contributed by atoms with van der Waals surface area (Å²) in [6.07, 6.45) is 0.427. The third-order valence-electron chi connectivity index (χ3n) is 4.09. The highest BCUT2D eigenvalue weighted by Crippen LogP contribution is 2.24. The molecule has 0 bridgehead atoms. The van der Waals surface area contributed by atoms with E-state index in [4.69, 9.17) is 0 Å². The Morgan fingerprint density at radius 2 is 1.60 bits per heavy atom. The fourth-order valence-electron chi connectivity index (χ4n) is 2.82. The lowest BCUT2D eigenvalue weighted by molar-refractivity contribution is 0.141. The molecule has 0 saturated heterocycles. The molecule has 0 amide bonds. The zero-order chi connectivity index (χ0) is 13.9. The second-order valence-electron chi connectivity index (χ2n) is 5.69. The van der Waals surface area contributed by atoms with E-state index in [1.165, 1.54) is 16.7 Å². The van der Waals surface area contributed by atoms with Crippen molar-refractivity contribution in [1.29, 1.82) is 0 Å². The van der Waals surface area contributed by atoms with Crippen molar-refractivity contribution >= 4 is 0 Å². The SMILES string of the molecule is Cc1ccc(C(O)CCN2Cc3ccccc3C2)cc1. The largest absolute Gasteiger partial charge is 0.388 e. The minimum absolute atomic E-state index is 0.362. The van der Waals surface area contributed by atoms with E-state index in [1.54, 1.807) is 0 Å². The first-order valence-electron chi connectivity index (χ1n) is 7.26. The Balaban J connectivity index is 1.55. The van der Waals surface area contributed by atoms with Gasteiger partial charge in [0.15, 0.2) is 0 Å². The standard InChI is InChI=1S/C18H21NO/c1-14-6-8-15(9-7-14)18(20)10-11-19-12-16-4-2-3-5-17(16)13-19/h2-9,18,20H,10-13H2,1H3. The van der Waals surface area contributed by atoms with Crippen LogP contribution in [0.15, 0.2) is 48.5 Å². The molecule has 0 radical (unpaired) electrons. The molecule has 0 spiro atoms. The Morgan fingerprint density at radius 3 is 2.20 bits per heavy atom. The Labute approximate surface area is 120 Å². The minimum atomic E-state index is -0.362. The molecule has 0 saturated carbocycles.